The van der Waals surface area contributed by atoms with Crippen molar-refractivity contribution in [1.29, 1.82) is 0 Å². The van der Waals surface area contributed by atoms with Gasteiger partial charge < -0.3 is 9.47 Å². The highest BCUT2D eigenvalue weighted by Crippen LogP contribution is 2.27. The molecule has 1 aromatic carbocycles. The van der Waals surface area contributed by atoms with Crippen molar-refractivity contribution < 1.29 is 0 Å². The molecule has 0 amide bonds. The van der Waals surface area contributed by atoms with Crippen LogP contribution < -0.4 is 4.90 Å². The smallest absolute Gasteiger partial charge is 0.128 e. The molecule has 1 aliphatic rings. The van der Waals surface area contributed by atoms with E-state index in [1.807, 2.05) is 18.5 Å². The molecule has 0 radical (unpaired) electrons. The van der Waals surface area contributed by atoms with Crippen LogP contribution >= 0.6 is 27.5 Å². The minimum absolute atomic E-state index is 0.788. The normalized spacial score (nSPS) is 14.7. The van der Waals surface area contributed by atoms with Gasteiger partial charge in [0.15, 0.2) is 0 Å². The molecule has 0 unspecified atom stereocenters. The van der Waals surface area contributed by atoms with E-state index in [9.17, 15) is 0 Å². The second-order valence-corrected chi connectivity index (χ2v) is 5.34. The van der Waals surface area contributed by atoms with Gasteiger partial charge in [0.25, 0.3) is 0 Å². The molecule has 0 atom stereocenters. The SMILES string of the molecule is Clc1cc(N2CCn3ccnc3C2)ccc1CBr. The lowest BCUT2D eigenvalue weighted by molar-refractivity contribution is 0.560. The molecule has 0 saturated heterocycles. The highest BCUT2D eigenvalue weighted by molar-refractivity contribution is 9.08. The van der Waals surface area contributed by atoms with Crippen molar-refractivity contribution in [2.24, 2.45) is 0 Å². The number of rotatable bonds is 2. The van der Waals surface area contributed by atoms with Crippen molar-refractivity contribution in [3.8, 4) is 0 Å². The number of halogens is 2. The van der Waals surface area contributed by atoms with Crippen molar-refractivity contribution in [2.45, 2.75) is 18.4 Å². The fourth-order valence-electron chi connectivity index (χ4n) is 2.24. The van der Waals surface area contributed by atoms with Crippen LogP contribution in [0.5, 0.6) is 0 Å². The lowest BCUT2D eigenvalue weighted by atomic mass is 10.2. The van der Waals surface area contributed by atoms with Crippen molar-refractivity contribution in [1.82, 2.24) is 9.55 Å². The van der Waals surface area contributed by atoms with Crippen molar-refractivity contribution >= 4 is 33.2 Å². The van der Waals surface area contributed by atoms with Crippen LogP contribution in [0, 0.1) is 0 Å². The minimum Gasteiger partial charge on any atom is -0.362 e. The van der Waals surface area contributed by atoms with E-state index in [0.29, 0.717) is 0 Å². The van der Waals surface area contributed by atoms with E-state index in [0.717, 1.165) is 41.4 Å². The van der Waals surface area contributed by atoms with Gasteiger partial charge in [-0.3, -0.25) is 0 Å². The zero-order chi connectivity index (χ0) is 12.5. The monoisotopic (exact) mass is 325 g/mol. The van der Waals surface area contributed by atoms with E-state index in [-0.39, 0.29) is 0 Å². The predicted octanol–water partition coefficient (Wildman–Crippen LogP) is 3.45. The fraction of sp³-hybridized carbons (Fsp3) is 0.308. The summed E-state index contributed by atoms with van der Waals surface area (Å²) in [6.07, 6.45) is 3.90. The number of alkyl halides is 1. The largest absolute Gasteiger partial charge is 0.362 e. The average Bonchev–Trinajstić information content (AvgIpc) is 2.85. The number of aromatic nitrogens is 2. The van der Waals surface area contributed by atoms with Crippen LogP contribution in [0.4, 0.5) is 5.69 Å². The minimum atomic E-state index is 0.788. The lowest BCUT2D eigenvalue weighted by Gasteiger charge is -2.29. The fourth-order valence-corrected chi connectivity index (χ4v) is 3.13. The molecule has 2 heterocycles. The molecule has 3 rings (SSSR count). The second-order valence-electron chi connectivity index (χ2n) is 4.37. The van der Waals surface area contributed by atoms with Crippen molar-refractivity contribution in [2.75, 3.05) is 11.4 Å². The first-order chi connectivity index (χ1) is 8.78. The molecule has 0 bridgehead atoms. The van der Waals surface area contributed by atoms with E-state index < -0.39 is 0 Å². The summed E-state index contributed by atoms with van der Waals surface area (Å²) in [5.74, 6) is 1.11. The van der Waals surface area contributed by atoms with Crippen LogP contribution in [-0.4, -0.2) is 16.1 Å². The summed E-state index contributed by atoms with van der Waals surface area (Å²) in [6, 6.07) is 6.24. The van der Waals surface area contributed by atoms with E-state index in [2.05, 4.69) is 42.5 Å². The van der Waals surface area contributed by atoms with Gasteiger partial charge in [0.05, 0.1) is 6.54 Å². The maximum Gasteiger partial charge on any atom is 0.128 e. The lowest BCUT2D eigenvalue weighted by Crippen LogP contribution is -2.33. The molecule has 0 fully saturated rings. The Bertz CT molecular complexity index is 567. The van der Waals surface area contributed by atoms with Crippen molar-refractivity contribution in [3.05, 3.63) is 47.0 Å². The molecular weight excluding hydrogens is 314 g/mol. The first-order valence-corrected chi connectivity index (χ1v) is 7.37. The molecule has 94 valence electrons. The molecule has 0 spiro atoms. The molecular formula is C13H13BrClN3. The summed E-state index contributed by atoms with van der Waals surface area (Å²) in [7, 11) is 0. The van der Waals surface area contributed by atoms with Crippen LogP contribution in [0.3, 0.4) is 0 Å². The number of hydrogen-bond donors (Lipinski definition) is 0. The van der Waals surface area contributed by atoms with Gasteiger partial charge in [0.2, 0.25) is 0 Å². The average molecular weight is 327 g/mol. The molecule has 1 aromatic heterocycles. The third kappa shape index (κ3) is 2.15. The Morgan fingerprint density at radius 3 is 3.00 bits per heavy atom. The van der Waals surface area contributed by atoms with Gasteiger partial charge in [-0.25, -0.2) is 4.98 Å². The van der Waals surface area contributed by atoms with Gasteiger partial charge in [0, 0.05) is 41.5 Å². The summed E-state index contributed by atoms with van der Waals surface area (Å²) in [6.45, 7) is 2.82. The van der Waals surface area contributed by atoms with Crippen LogP contribution in [0.2, 0.25) is 5.02 Å². The van der Waals surface area contributed by atoms with Crippen LogP contribution in [0.15, 0.2) is 30.6 Å². The highest BCUT2D eigenvalue weighted by atomic mass is 79.9. The number of fused-ring (bicyclic) bond motifs is 1. The van der Waals surface area contributed by atoms with E-state index in [1.54, 1.807) is 0 Å². The van der Waals surface area contributed by atoms with Crippen LogP contribution in [0.25, 0.3) is 0 Å². The standard InChI is InChI=1S/C13H13BrClN3/c14-8-10-1-2-11(7-12(10)15)18-6-5-17-4-3-16-13(17)9-18/h1-4,7H,5-6,8-9H2. The van der Waals surface area contributed by atoms with Gasteiger partial charge in [-0.1, -0.05) is 33.6 Å². The number of anilines is 1. The molecule has 1 aliphatic heterocycles. The van der Waals surface area contributed by atoms with E-state index in [1.165, 1.54) is 5.69 Å². The number of benzene rings is 1. The Kier molecular flexibility index (Phi) is 3.31. The molecule has 5 heteroatoms. The third-order valence-electron chi connectivity index (χ3n) is 3.29. The Morgan fingerprint density at radius 2 is 2.22 bits per heavy atom. The van der Waals surface area contributed by atoms with E-state index in [4.69, 9.17) is 11.6 Å². The van der Waals surface area contributed by atoms with Gasteiger partial charge >= 0.3 is 0 Å². The van der Waals surface area contributed by atoms with Gasteiger partial charge in [-0.05, 0) is 17.7 Å². The quantitative estimate of drug-likeness (QED) is 0.788. The maximum absolute atomic E-state index is 6.25. The summed E-state index contributed by atoms with van der Waals surface area (Å²) in [5.41, 5.74) is 2.29. The first kappa shape index (κ1) is 12.1. The maximum atomic E-state index is 6.25. The Balaban J connectivity index is 1.86. The first-order valence-electron chi connectivity index (χ1n) is 5.87. The van der Waals surface area contributed by atoms with Crippen molar-refractivity contribution in [3.63, 3.8) is 0 Å². The zero-order valence-corrected chi connectivity index (χ0v) is 12.2. The molecule has 18 heavy (non-hydrogen) atoms. The summed E-state index contributed by atoms with van der Waals surface area (Å²) < 4.78 is 2.20. The third-order valence-corrected chi connectivity index (χ3v) is 4.25. The summed E-state index contributed by atoms with van der Waals surface area (Å²) >= 11 is 9.68. The Labute approximate surface area is 120 Å². The summed E-state index contributed by atoms with van der Waals surface area (Å²) in [4.78, 5) is 6.68. The number of imidazole rings is 1. The molecule has 0 N–H and O–H groups in total. The highest BCUT2D eigenvalue weighted by Gasteiger charge is 2.17. The number of hydrogen-bond acceptors (Lipinski definition) is 2. The molecule has 0 saturated carbocycles. The topological polar surface area (TPSA) is 21.1 Å². The van der Waals surface area contributed by atoms with Gasteiger partial charge in [-0.2, -0.15) is 0 Å². The Hall–Kier alpha value is -1.000. The van der Waals surface area contributed by atoms with E-state index >= 15 is 0 Å². The molecule has 3 nitrogen and oxygen atoms in total. The zero-order valence-electron chi connectivity index (χ0n) is 9.81. The molecule has 2 aromatic rings. The van der Waals surface area contributed by atoms with Gasteiger partial charge in [-0.15, -0.1) is 0 Å². The van der Waals surface area contributed by atoms with Crippen LogP contribution in [-0.2, 0) is 18.4 Å². The Morgan fingerprint density at radius 1 is 1.33 bits per heavy atom. The number of nitrogens with zero attached hydrogens (tertiary/aromatic N) is 3. The molecule has 0 aliphatic carbocycles. The van der Waals surface area contributed by atoms with Gasteiger partial charge in [0.1, 0.15) is 5.82 Å². The second kappa shape index (κ2) is 4.94. The summed E-state index contributed by atoms with van der Waals surface area (Å²) in [5, 5.41) is 1.61. The van der Waals surface area contributed by atoms with Crippen LogP contribution in [0.1, 0.15) is 11.4 Å². The predicted molar refractivity (Wildman–Crippen MR) is 77.4 cm³/mol.